The lowest BCUT2D eigenvalue weighted by Gasteiger charge is -2.15. The van der Waals surface area contributed by atoms with Gasteiger partial charge in [0, 0.05) is 18.1 Å². The normalized spacial score (nSPS) is 12.9. The van der Waals surface area contributed by atoms with Crippen LogP contribution in [-0.4, -0.2) is 22.4 Å². The van der Waals surface area contributed by atoms with Gasteiger partial charge in [0.05, 0.1) is 12.1 Å². The molecule has 25 heavy (non-hydrogen) atoms. The number of amides is 1. The Morgan fingerprint density at radius 3 is 2.96 bits per heavy atom. The first-order valence-corrected chi connectivity index (χ1v) is 9.03. The zero-order valence-electron chi connectivity index (χ0n) is 13.6. The van der Waals surface area contributed by atoms with Gasteiger partial charge < -0.3 is 4.74 Å². The number of hydrogen-bond acceptors (Lipinski definition) is 5. The average molecular weight is 351 g/mol. The number of para-hydroxylation sites is 1. The van der Waals surface area contributed by atoms with Crippen molar-refractivity contribution in [2.45, 2.75) is 19.4 Å². The van der Waals surface area contributed by atoms with E-state index < -0.39 is 0 Å². The van der Waals surface area contributed by atoms with E-state index in [1.807, 2.05) is 47.8 Å². The molecule has 2 aromatic heterocycles. The number of nitrogens with zero attached hydrogens (tertiary/aromatic N) is 3. The van der Waals surface area contributed by atoms with E-state index in [1.54, 1.807) is 11.1 Å². The highest BCUT2D eigenvalue weighted by Crippen LogP contribution is 2.25. The number of benzene rings is 1. The van der Waals surface area contributed by atoms with E-state index in [-0.39, 0.29) is 12.3 Å². The summed E-state index contributed by atoms with van der Waals surface area (Å²) in [4.78, 5) is 23.2. The van der Waals surface area contributed by atoms with Gasteiger partial charge in [-0.25, -0.2) is 9.97 Å². The molecule has 3 heterocycles. The van der Waals surface area contributed by atoms with Crippen LogP contribution in [0.15, 0.2) is 54.0 Å². The fraction of sp³-hybridized carbons (Fsp3) is 0.211. The minimum Gasteiger partial charge on any atom is -0.486 e. The fourth-order valence-corrected chi connectivity index (χ4v) is 3.56. The number of fused-ring (bicyclic) bond motifs is 1. The highest BCUT2D eigenvalue weighted by Gasteiger charge is 2.26. The summed E-state index contributed by atoms with van der Waals surface area (Å²) in [6.07, 6.45) is 2.88. The topological polar surface area (TPSA) is 55.3 Å². The minimum atomic E-state index is 0.0401. The molecule has 0 atom stereocenters. The summed E-state index contributed by atoms with van der Waals surface area (Å²) in [7, 11) is 0. The zero-order valence-corrected chi connectivity index (χ0v) is 14.4. The molecule has 126 valence electrons. The molecule has 0 bridgehead atoms. The maximum Gasteiger partial charge on any atom is 0.234 e. The Kier molecular flexibility index (Phi) is 4.43. The van der Waals surface area contributed by atoms with Crippen LogP contribution >= 0.6 is 11.3 Å². The molecule has 0 unspecified atom stereocenters. The largest absolute Gasteiger partial charge is 0.486 e. The van der Waals surface area contributed by atoms with Crippen LogP contribution in [0.3, 0.4) is 0 Å². The number of rotatable bonds is 5. The third-order valence-corrected chi connectivity index (χ3v) is 4.94. The Bertz CT molecular complexity index is 879. The average Bonchev–Trinajstić information content (AvgIpc) is 3.27. The monoisotopic (exact) mass is 351 g/mol. The summed E-state index contributed by atoms with van der Waals surface area (Å²) >= 11 is 1.52. The molecule has 1 aliphatic rings. The molecule has 0 radical (unpaired) electrons. The Morgan fingerprint density at radius 1 is 1.20 bits per heavy atom. The van der Waals surface area contributed by atoms with Gasteiger partial charge in [-0.2, -0.15) is 0 Å². The molecule has 0 aliphatic carbocycles. The molecule has 0 saturated heterocycles. The van der Waals surface area contributed by atoms with Crippen LogP contribution in [-0.2, 0) is 24.2 Å². The third-order valence-electron chi connectivity index (χ3n) is 4.07. The molecule has 0 spiro atoms. The highest BCUT2D eigenvalue weighted by molar-refractivity contribution is 7.09. The quantitative estimate of drug-likeness (QED) is 0.708. The zero-order chi connectivity index (χ0) is 17.1. The first-order valence-electron chi connectivity index (χ1n) is 8.15. The van der Waals surface area contributed by atoms with Crippen LogP contribution in [0.4, 0.5) is 5.82 Å². The Hall–Kier alpha value is -2.73. The van der Waals surface area contributed by atoms with Crippen molar-refractivity contribution in [3.05, 3.63) is 70.3 Å². The van der Waals surface area contributed by atoms with Crippen LogP contribution in [0.25, 0.3) is 0 Å². The number of aromatic nitrogens is 2. The number of hydrogen-bond donors (Lipinski definition) is 0. The van der Waals surface area contributed by atoms with E-state index in [2.05, 4.69) is 9.97 Å². The van der Waals surface area contributed by atoms with Crippen molar-refractivity contribution in [3.8, 4) is 5.75 Å². The number of anilines is 1. The van der Waals surface area contributed by atoms with Gasteiger partial charge >= 0.3 is 0 Å². The molecule has 6 heteroatoms. The maximum atomic E-state index is 12.6. The molecule has 1 aliphatic heterocycles. The summed E-state index contributed by atoms with van der Waals surface area (Å²) in [5.41, 5.74) is 1.91. The van der Waals surface area contributed by atoms with Gasteiger partial charge in [-0.05, 0) is 30.2 Å². The summed E-state index contributed by atoms with van der Waals surface area (Å²) in [5.74, 6) is 1.64. The molecule has 4 rings (SSSR count). The van der Waals surface area contributed by atoms with E-state index in [9.17, 15) is 4.79 Å². The van der Waals surface area contributed by atoms with Crippen LogP contribution < -0.4 is 9.64 Å². The van der Waals surface area contributed by atoms with Gasteiger partial charge in [0.15, 0.2) is 0 Å². The van der Waals surface area contributed by atoms with E-state index in [4.69, 9.17) is 4.74 Å². The standard InChI is InChI=1S/C19H17N3O2S/c23-18(22-10-8-14-5-4-9-20-19(14)22)11-15-13-25-17(21-15)12-24-16-6-2-1-3-7-16/h1-7,9,13H,8,10-12H2. The van der Waals surface area contributed by atoms with Gasteiger partial charge in [-0.3, -0.25) is 9.69 Å². The molecule has 0 N–H and O–H groups in total. The van der Waals surface area contributed by atoms with E-state index >= 15 is 0 Å². The molecular formula is C19H17N3O2S. The summed E-state index contributed by atoms with van der Waals surface area (Å²) in [6, 6.07) is 13.6. The van der Waals surface area contributed by atoms with Crippen molar-refractivity contribution < 1.29 is 9.53 Å². The fourth-order valence-electron chi connectivity index (χ4n) is 2.86. The lowest BCUT2D eigenvalue weighted by Crippen LogP contribution is -2.31. The molecule has 0 saturated carbocycles. The molecular weight excluding hydrogens is 334 g/mol. The Balaban J connectivity index is 1.37. The van der Waals surface area contributed by atoms with Gasteiger partial charge in [-0.15, -0.1) is 11.3 Å². The van der Waals surface area contributed by atoms with Gasteiger partial charge in [0.2, 0.25) is 5.91 Å². The van der Waals surface area contributed by atoms with Crippen molar-refractivity contribution in [2.24, 2.45) is 0 Å². The lowest BCUT2D eigenvalue weighted by molar-refractivity contribution is -0.117. The first kappa shape index (κ1) is 15.8. The Labute approximate surface area is 149 Å². The third kappa shape index (κ3) is 3.53. The molecule has 1 aromatic carbocycles. The van der Waals surface area contributed by atoms with Crippen molar-refractivity contribution in [1.29, 1.82) is 0 Å². The Morgan fingerprint density at radius 2 is 2.08 bits per heavy atom. The van der Waals surface area contributed by atoms with Crippen LogP contribution in [0, 0.1) is 0 Å². The van der Waals surface area contributed by atoms with Crippen LogP contribution in [0.1, 0.15) is 16.3 Å². The summed E-state index contributed by atoms with van der Waals surface area (Å²) < 4.78 is 5.70. The second-order valence-electron chi connectivity index (χ2n) is 5.79. The first-order chi connectivity index (χ1) is 12.3. The maximum absolute atomic E-state index is 12.6. The predicted octanol–water partition coefficient (Wildman–Crippen LogP) is 3.25. The van der Waals surface area contributed by atoms with Gasteiger partial charge in [-0.1, -0.05) is 24.3 Å². The molecule has 0 fully saturated rings. The smallest absolute Gasteiger partial charge is 0.234 e. The molecule has 5 nitrogen and oxygen atoms in total. The predicted molar refractivity (Wildman–Crippen MR) is 96.9 cm³/mol. The van der Waals surface area contributed by atoms with E-state index in [0.717, 1.165) is 34.3 Å². The lowest BCUT2D eigenvalue weighted by atomic mass is 10.2. The SMILES string of the molecule is O=C(Cc1csc(COc2ccccc2)n1)N1CCc2cccnc21. The number of carbonyl (C=O) groups excluding carboxylic acids is 1. The summed E-state index contributed by atoms with van der Waals surface area (Å²) in [6.45, 7) is 1.11. The van der Waals surface area contributed by atoms with Crippen molar-refractivity contribution in [2.75, 3.05) is 11.4 Å². The number of ether oxygens (including phenoxy) is 1. The molecule has 1 amide bonds. The summed E-state index contributed by atoms with van der Waals surface area (Å²) in [5, 5.41) is 2.79. The molecule has 3 aromatic rings. The second-order valence-corrected chi connectivity index (χ2v) is 6.74. The minimum absolute atomic E-state index is 0.0401. The number of thiazole rings is 1. The van der Waals surface area contributed by atoms with Crippen molar-refractivity contribution in [3.63, 3.8) is 0 Å². The van der Waals surface area contributed by atoms with E-state index in [0.29, 0.717) is 13.2 Å². The van der Waals surface area contributed by atoms with Gasteiger partial charge in [0.25, 0.3) is 0 Å². The van der Waals surface area contributed by atoms with Crippen molar-refractivity contribution in [1.82, 2.24) is 9.97 Å². The van der Waals surface area contributed by atoms with E-state index in [1.165, 1.54) is 11.3 Å². The number of pyridine rings is 1. The van der Waals surface area contributed by atoms with Crippen molar-refractivity contribution >= 4 is 23.1 Å². The number of carbonyl (C=O) groups is 1. The second kappa shape index (κ2) is 7.03. The highest BCUT2D eigenvalue weighted by atomic mass is 32.1. The van der Waals surface area contributed by atoms with Gasteiger partial charge in [0.1, 0.15) is 23.2 Å². The van der Waals surface area contributed by atoms with Crippen LogP contribution in [0.5, 0.6) is 5.75 Å². The van der Waals surface area contributed by atoms with Crippen LogP contribution in [0.2, 0.25) is 0 Å².